The summed E-state index contributed by atoms with van der Waals surface area (Å²) >= 11 is 0. The van der Waals surface area contributed by atoms with Crippen molar-refractivity contribution in [3.8, 4) is 5.82 Å². The summed E-state index contributed by atoms with van der Waals surface area (Å²) in [5, 5.41) is 2.48. The predicted molar refractivity (Wildman–Crippen MR) is 227 cm³/mol. The van der Waals surface area contributed by atoms with Crippen LogP contribution in [-0.4, -0.2) is 16.2 Å². The summed E-state index contributed by atoms with van der Waals surface area (Å²) in [4.78, 5) is 9.88. The van der Waals surface area contributed by atoms with Gasteiger partial charge in [-0.2, -0.15) is 0 Å². The Bertz CT molecular complexity index is 2630. The van der Waals surface area contributed by atoms with Crippen LogP contribution in [0, 0.1) is 0 Å². The molecule has 1 aliphatic heterocycles. The molecule has 266 valence electrons. The van der Waals surface area contributed by atoms with Crippen LogP contribution in [0.15, 0.2) is 164 Å². The Hall–Kier alpha value is -6.13. The van der Waals surface area contributed by atoms with E-state index in [9.17, 15) is 0 Å². The Morgan fingerprint density at radius 3 is 1.89 bits per heavy atom. The van der Waals surface area contributed by atoms with Gasteiger partial charge in [0.15, 0.2) is 0 Å². The van der Waals surface area contributed by atoms with E-state index in [0.29, 0.717) is 0 Å². The molecule has 0 saturated carbocycles. The maximum absolute atomic E-state index is 5.00. The molecule has 0 fully saturated rings. The van der Waals surface area contributed by atoms with E-state index in [-0.39, 0.29) is 10.8 Å². The summed E-state index contributed by atoms with van der Waals surface area (Å²) in [5.41, 5.74) is 13.5. The van der Waals surface area contributed by atoms with E-state index in [1.807, 2.05) is 6.20 Å². The predicted octanol–water partition coefficient (Wildman–Crippen LogP) is 12.6. The minimum absolute atomic E-state index is 0.0102. The number of hydrogen-bond donors (Lipinski definition) is 0. The van der Waals surface area contributed by atoms with Gasteiger partial charge in [-0.15, -0.1) is 0 Å². The minimum atomic E-state index is -0.174. The van der Waals surface area contributed by atoms with Gasteiger partial charge < -0.3 is 9.80 Å². The Kier molecular flexibility index (Phi) is 8.15. The van der Waals surface area contributed by atoms with Crippen molar-refractivity contribution in [2.45, 2.75) is 51.9 Å². The lowest BCUT2D eigenvalue weighted by Crippen LogP contribution is -2.24. The van der Waals surface area contributed by atoms with Crippen LogP contribution in [0.25, 0.3) is 27.6 Å². The van der Waals surface area contributed by atoms with Crippen LogP contribution in [0.5, 0.6) is 0 Å². The summed E-state index contributed by atoms with van der Waals surface area (Å²) < 4.78 is 2.36. The molecule has 3 heterocycles. The van der Waals surface area contributed by atoms with Gasteiger partial charge in [0, 0.05) is 33.8 Å². The Morgan fingerprint density at radius 2 is 1.15 bits per heavy atom. The number of benzene rings is 6. The van der Waals surface area contributed by atoms with Crippen LogP contribution in [-0.2, 0) is 17.3 Å². The average molecular weight is 703 g/mol. The minimum Gasteiger partial charge on any atom is -0.321 e. The van der Waals surface area contributed by atoms with Crippen molar-refractivity contribution in [3.05, 3.63) is 192 Å². The van der Waals surface area contributed by atoms with Crippen molar-refractivity contribution in [2.75, 3.05) is 16.5 Å². The normalized spacial score (nSPS) is 13.2. The van der Waals surface area contributed by atoms with E-state index in [2.05, 4.69) is 207 Å². The fraction of sp³-hybridized carbons (Fsp3) is 0.180. The third-order valence-electron chi connectivity index (χ3n) is 11.3. The first-order chi connectivity index (χ1) is 26.1. The summed E-state index contributed by atoms with van der Waals surface area (Å²) in [7, 11) is 0. The molecule has 1 aliphatic rings. The van der Waals surface area contributed by atoms with E-state index in [4.69, 9.17) is 4.98 Å². The standard InChI is InChI=1S/C50H46N4/c1-49(2,3)39-29-36(30-41(32-39)53-34-52(40-18-10-7-11-19-40)45-22-14-15-23-46(45)53)28-35-24-25-43-42-20-12-13-21-44(42)54(47(43)31-35)48-33-38(26-27-51-48)50(4,5)37-16-8-6-9-17-37/h6-27,29-33H,28,34H2,1-5H3. The zero-order chi connectivity index (χ0) is 37.0. The number of aromatic nitrogens is 2. The Balaban J connectivity index is 1.13. The fourth-order valence-electron chi connectivity index (χ4n) is 8.19. The number of pyridine rings is 1. The van der Waals surface area contributed by atoms with Crippen LogP contribution in [0.3, 0.4) is 0 Å². The first-order valence-corrected chi connectivity index (χ1v) is 19.0. The maximum Gasteiger partial charge on any atom is 0.137 e. The lowest BCUT2D eigenvalue weighted by molar-refractivity contribution is 0.589. The molecular formula is C50H46N4. The van der Waals surface area contributed by atoms with Gasteiger partial charge in [-0.1, -0.05) is 132 Å². The lowest BCUT2D eigenvalue weighted by atomic mass is 9.78. The highest BCUT2D eigenvalue weighted by molar-refractivity contribution is 6.09. The van der Waals surface area contributed by atoms with Crippen molar-refractivity contribution in [2.24, 2.45) is 0 Å². The molecular weight excluding hydrogens is 657 g/mol. The molecule has 0 saturated heterocycles. The van der Waals surface area contributed by atoms with E-state index >= 15 is 0 Å². The number of rotatable bonds is 7. The smallest absolute Gasteiger partial charge is 0.137 e. The van der Waals surface area contributed by atoms with Gasteiger partial charge in [0.1, 0.15) is 12.5 Å². The van der Waals surface area contributed by atoms with Gasteiger partial charge in [-0.05, 0) is 100 Å². The molecule has 4 heteroatoms. The van der Waals surface area contributed by atoms with Crippen LogP contribution in [0.1, 0.15) is 62.4 Å². The number of nitrogens with zero attached hydrogens (tertiary/aromatic N) is 4. The quantitative estimate of drug-likeness (QED) is 0.165. The van der Waals surface area contributed by atoms with Gasteiger partial charge in [0.05, 0.1) is 22.4 Å². The van der Waals surface area contributed by atoms with Gasteiger partial charge in [0.2, 0.25) is 0 Å². The second-order valence-electron chi connectivity index (χ2n) is 16.2. The van der Waals surface area contributed by atoms with Gasteiger partial charge in [-0.3, -0.25) is 4.57 Å². The van der Waals surface area contributed by atoms with Crippen molar-refractivity contribution in [1.82, 2.24) is 9.55 Å². The molecule has 54 heavy (non-hydrogen) atoms. The highest BCUT2D eigenvalue weighted by atomic mass is 15.4. The molecule has 0 unspecified atom stereocenters. The van der Waals surface area contributed by atoms with E-state index in [1.54, 1.807) is 0 Å². The number of anilines is 4. The molecule has 0 radical (unpaired) electrons. The molecule has 9 rings (SSSR count). The van der Waals surface area contributed by atoms with Crippen molar-refractivity contribution in [1.29, 1.82) is 0 Å². The van der Waals surface area contributed by atoms with Crippen molar-refractivity contribution < 1.29 is 0 Å². The van der Waals surface area contributed by atoms with Gasteiger partial charge in [0.25, 0.3) is 0 Å². The second kappa shape index (κ2) is 13.1. The van der Waals surface area contributed by atoms with E-state index in [0.717, 1.165) is 18.9 Å². The molecule has 0 N–H and O–H groups in total. The van der Waals surface area contributed by atoms with Crippen LogP contribution >= 0.6 is 0 Å². The van der Waals surface area contributed by atoms with Gasteiger partial charge in [-0.25, -0.2) is 4.98 Å². The molecule has 2 aromatic heterocycles. The van der Waals surface area contributed by atoms with Crippen molar-refractivity contribution in [3.63, 3.8) is 0 Å². The summed E-state index contributed by atoms with van der Waals surface area (Å²) in [6, 6.07) is 57.6. The van der Waals surface area contributed by atoms with Crippen molar-refractivity contribution >= 4 is 44.6 Å². The highest BCUT2D eigenvalue weighted by Gasteiger charge is 2.29. The molecule has 0 bridgehead atoms. The first kappa shape index (κ1) is 33.7. The number of fused-ring (bicyclic) bond motifs is 4. The average Bonchev–Trinajstić information content (AvgIpc) is 3.74. The molecule has 6 aromatic carbocycles. The number of para-hydroxylation sites is 4. The molecule has 4 nitrogen and oxygen atoms in total. The lowest BCUT2D eigenvalue weighted by Gasteiger charge is -2.26. The monoisotopic (exact) mass is 702 g/mol. The van der Waals surface area contributed by atoms with Crippen LogP contribution < -0.4 is 9.80 Å². The van der Waals surface area contributed by atoms with Gasteiger partial charge >= 0.3 is 0 Å². The Labute approximate surface area is 319 Å². The van der Waals surface area contributed by atoms with Crippen LogP contribution in [0.4, 0.5) is 22.7 Å². The summed E-state index contributed by atoms with van der Waals surface area (Å²) in [5.74, 6) is 0.938. The SMILES string of the molecule is CC(C)(C)c1cc(Cc2ccc3c4ccccc4n(-c4cc(C(C)(C)c5ccccc5)ccn4)c3c2)cc(N2CN(c3ccccc3)c3ccccc32)c1. The van der Waals surface area contributed by atoms with E-state index in [1.165, 1.54) is 72.4 Å². The highest BCUT2D eigenvalue weighted by Crippen LogP contribution is 2.45. The first-order valence-electron chi connectivity index (χ1n) is 19.0. The maximum atomic E-state index is 5.00. The molecule has 0 amide bonds. The Morgan fingerprint density at radius 1 is 0.500 bits per heavy atom. The summed E-state index contributed by atoms with van der Waals surface area (Å²) in [6.07, 6.45) is 2.79. The molecule has 0 aliphatic carbocycles. The fourth-order valence-corrected chi connectivity index (χ4v) is 8.19. The third kappa shape index (κ3) is 5.92. The molecule has 0 spiro atoms. The number of hydrogen-bond acceptors (Lipinski definition) is 3. The largest absolute Gasteiger partial charge is 0.321 e. The second-order valence-corrected chi connectivity index (χ2v) is 16.2. The van der Waals surface area contributed by atoms with E-state index < -0.39 is 0 Å². The van der Waals surface area contributed by atoms with Crippen LogP contribution in [0.2, 0.25) is 0 Å². The summed E-state index contributed by atoms with van der Waals surface area (Å²) in [6.45, 7) is 12.3. The third-order valence-corrected chi connectivity index (χ3v) is 11.3. The topological polar surface area (TPSA) is 24.3 Å². The zero-order valence-corrected chi connectivity index (χ0v) is 31.8. The molecule has 0 atom stereocenters. The zero-order valence-electron chi connectivity index (χ0n) is 31.8. The molecule has 8 aromatic rings.